The topological polar surface area (TPSA) is 29.1 Å². The van der Waals surface area contributed by atoms with Crippen molar-refractivity contribution in [3.8, 4) is 0 Å². The fourth-order valence-electron chi connectivity index (χ4n) is 2.03. The number of halogens is 1. The van der Waals surface area contributed by atoms with Crippen LogP contribution in [0.1, 0.15) is 34.8 Å². The van der Waals surface area contributed by atoms with Gasteiger partial charge in [0.05, 0.1) is 5.56 Å². The standard InChI is InChI=1S/C12H14FNO/c1-3-8-6-9-7(2)4-5-10(13)11(9)12(15)14-8/h4-5,8H,3,6H2,1-2H3,(H,14,15). The fourth-order valence-corrected chi connectivity index (χ4v) is 2.03. The Morgan fingerprint density at radius 1 is 1.53 bits per heavy atom. The largest absolute Gasteiger partial charge is 0.349 e. The van der Waals surface area contributed by atoms with E-state index in [0.29, 0.717) is 0 Å². The number of nitrogens with one attached hydrogen (secondary N) is 1. The Hall–Kier alpha value is -1.38. The van der Waals surface area contributed by atoms with Crippen LogP contribution in [0, 0.1) is 12.7 Å². The van der Waals surface area contributed by atoms with Gasteiger partial charge in [0.2, 0.25) is 0 Å². The number of carbonyl (C=O) groups is 1. The molecule has 1 amide bonds. The van der Waals surface area contributed by atoms with E-state index >= 15 is 0 Å². The van der Waals surface area contributed by atoms with Crippen molar-refractivity contribution >= 4 is 5.91 Å². The van der Waals surface area contributed by atoms with Crippen LogP contribution in [0.4, 0.5) is 4.39 Å². The van der Waals surface area contributed by atoms with Crippen LogP contribution in [-0.2, 0) is 6.42 Å². The lowest BCUT2D eigenvalue weighted by Crippen LogP contribution is -2.41. The highest BCUT2D eigenvalue weighted by atomic mass is 19.1. The molecule has 0 fully saturated rings. The molecule has 1 heterocycles. The van der Waals surface area contributed by atoms with E-state index in [-0.39, 0.29) is 17.5 Å². The van der Waals surface area contributed by atoms with Crippen molar-refractivity contribution in [1.29, 1.82) is 0 Å². The highest BCUT2D eigenvalue weighted by Gasteiger charge is 2.27. The van der Waals surface area contributed by atoms with Crippen molar-refractivity contribution in [3.05, 3.63) is 34.6 Å². The van der Waals surface area contributed by atoms with Crippen LogP contribution in [0.5, 0.6) is 0 Å². The number of hydrogen-bond donors (Lipinski definition) is 1. The number of benzene rings is 1. The monoisotopic (exact) mass is 207 g/mol. The average molecular weight is 207 g/mol. The minimum atomic E-state index is -0.414. The van der Waals surface area contributed by atoms with Gasteiger partial charge >= 0.3 is 0 Å². The molecule has 0 saturated heterocycles. The Bertz CT molecular complexity index is 414. The molecule has 1 atom stereocenters. The minimum absolute atomic E-state index is 0.144. The van der Waals surface area contributed by atoms with Crippen LogP contribution < -0.4 is 5.32 Å². The number of amides is 1. The van der Waals surface area contributed by atoms with Gasteiger partial charge in [-0.15, -0.1) is 0 Å². The van der Waals surface area contributed by atoms with Crippen molar-refractivity contribution in [1.82, 2.24) is 5.32 Å². The van der Waals surface area contributed by atoms with Crippen LogP contribution in [0.15, 0.2) is 12.1 Å². The molecular weight excluding hydrogens is 193 g/mol. The molecule has 0 aromatic heterocycles. The molecule has 0 saturated carbocycles. The van der Waals surface area contributed by atoms with Gasteiger partial charge in [0.1, 0.15) is 5.82 Å². The third kappa shape index (κ3) is 1.62. The SMILES string of the molecule is CCC1Cc2c(C)ccc(F)c2C(=O)N1. The van der Waals surface area contributed by atoms with Crippen LogP contribution in [0.25, 0.3) is 0 Å². The number of fused-ring (bicyclic) bond motifs is 1. The van der Waals surface area contributed by atoms with E-state index in [1.807, 2.05) is 13.8 Å². The number of rotatable bonds is 1. The Kier molecular flexibility index (Phi) is 2.47. The molecule has 1 unspecified atom stereocenters. The molecule has 3 heteroatoms. The molecule has 0 radical (unpaired) electrons. The fraction of sp³-hybridized carbons (Fsp3) is 0.417. The van der Waals surface area contributed by atoms with Crippen molar-refractivity contribution in [3.63, 3.8) is 0 Å². The smallest absolute Gasteiger partial charge is 0.254 e. The summed E-state index contributed by atoms with van der Waals surface area (Å²) in [5.41, 5.74) is 2.10. The van der Waals surface area contributed by atoms with E-state index in [9.17, 15) is 9.18 Å². The van der Waals surface area contributed by atoms with Gasteiger partial charge in [-0.1, -0.05) is 13.0 Å². The van der Waals surface area contributed by atoms with Crippen molar-refractivity contribution in [2.75, 3.05) is 0 Å². The third-order valence-corrected chi connectivity index (χ3v) is 3.00. The van der Waals surface area contributed by atoms with Gasteiger partial charge in [-0.3, -0.25) is 4.79 Å². The van der Waals surface area contributed by atoms with E-state index in [2.05, 4.69) is 5.32 Å². The zero-order valence-electron chi connectivity index (χ0n) is 8.93. The summed E-state index contributed by atoms with van der Waals surface area (Å²) in [6.07, 6.45) is 1.61. The maximum Gasteiger partial charge on any atom is 0.254 e. The van der Waals surface area contributed by atoms with Crippen LogP contribution >= 0.6 is 0 Å². The molecule has 80 valence electrons. The predicted molar refractivity (Wildman–Crippen MR) is 56.4 cm³/mol. The summed E-state index contributed by atoms with van der Waals surface area (Å²) < 4.78 is 13.5. The van der Waals surface area contributed by atoms with Gasteiger partial charge < -0.3 is 5.32 Å². The summed E-state index contributed by atoms with van der Waals surface area (Å²) in [4.78, 5) is 11.7. The van der Waals surface area contributed by atoms with E-state index in [4.69, 9.17) is 0 Å². The molecule has 15 heavy (non-hydrogen) atoms. The van der Waals surface area contributed by atoms with E-state index in [0.717, 1.165) is 24.0 Å². The number of hydrogen-bond acceptors (Lipinski definition) is 1. The Balaban J connectivity index is 2.53. The van der Waals surface area contributed by atoms with Crippen molar-refractivity contribution in [2.24, 2.45) is 0 Å². The van der Waals surface area contributed by atoms with E-state index in [1.165, 1.54) is 6.07 Å². The summed E-state index contributed by atoms with van der Waals surface area (Å²) >= 11 is 0. The maximum absolute atomic E-state index is 13.5. The molecule has 1 aromatic carbocycles. The lowest BCUT2D eigenvalue weighted by molar-refractivity contribution is 0.0919. The highest BCUT2D eigenvalue weighted by molar-refractivity contribution is 5.97. The summed E-state index contributed by atoms with van der Waals surface area (Å²) in [6.45, 7) is 3.94. The first-order valence-corrected chi connectivity index (χ1v) is 5.22. The lowest BCUT2D eigenvalue weighted by Gasteiger charge is -2.26. The average Bonchev–Trinajstić information content (AvgIpc) is 2.23. The zero-order chi connectivity index (χ0) is 11.0. The number of aryl methyl sites for hydroxylation is 1. The first kappa shape index (κ1) is 10.1. The summed E-state index contributed by atoms with van der Waals surface area (Å²) in [6, 6.07) is 3.24. The van der Waals surface area contributed by atoms with Gasteiger partial charge in [-0.05, 0) is 37.0 Å². The van der Waals surface area contributed by atoms with Gasteiger partial charge in [0.15, 0.2) is 0 Å². The minimum Gasteiger partial charge on any atom is -0.349 e. The molecule has 0 bridgehead atoms. The second-order valence-electron chi connectivity index (χ2n) is 4.00. The summed E-state index contributed by atoms with van der Waals surface area (Å²) in [7, 11) is 0. The first-order chi connectivity index (χ1) is 7.13. The van der Waals surface area contributed by atoms with Gasteiger partial charge in [0, 0.05) is 6.04 Å². The molecule has 2 rings (SSSR count). The molecule has 1 aliphatic heterocycles. The molecule has 1 N–H and O–H groups in total. The van der Waals surface area contributed by atoms with Crippen LogP contribution in [-0.4, -0.2) is 11.9 Å². The first-order valence-electron chi connectivity index (χ1n) is 5.22. The third-order valence-electron chi connectivity index (χ3n) is 3.00. The van der Waals surface area contributed by atoms with Crippen molar-refractivity contribution < 1.29 is 9.18 Å². The Morgan fingerprint density at radius 3 is 2.93 bits per heavy atom. The number of carbonyl (C=O) groups excluding carboxylic acids is 1. The van der Waals surface area contributed by atoms with E-state index in [1.54, 1.807) is 6.07 Å². The molecule has 0 aliphatic carbocycles. The second-order valence-corrected chi connectivity index (χ2v) is 4.00. The maximum atomic E-state index is 13.5. The predicted octanol–water partition coefficient (Wildman–Crippen LogP) is 2.20. The summed E-state index contributed by atoms with van der Waals surface area (Å²) in [5, 5.41) is 2.81. The normalized spacial score (nSPS) is 19.7. The molecular formula is C12H14FNO. The molecule has 2 nitrogen and oxygen atoms in total. The highest BCUT2D eigenvalue weighted by Crippen LogP contribution is 2.24. The lowest BCUT2D eigenvalue weighted by atomic mass is 9.90. The molecule has 0 spiro atoms. The second kappa shape index (κ2) is 3.65. The molecule has 1 aromatic rings. The van der Waals surface area contributed by atoms with Gasteiger partial charge in [-0.2, -0.15) is 0 Å². The zero-order valence-corrected chi connectivity index (χ0v) is 8.93. The van der Waals surface area contributed by atoms with Gasteiger partial charge in [-0.25, -0.2) is 4.39 Å². The Morgan fingerprint density at radius 2 is 2.27 bits per heavy atom. The molecule has 1 aliphatic rings. The van der Waals surface area contributed by atoms with Gasteiger partial charge in [0.25, 0.3) is 5.91 Å². The van der Waals surface area contributed by atoms with E-state index < -0.39 is 5.82 Å². The van der Waals surface area contributed by atoms with Crippen molar-refractivity contribution in [2.45, 2.75) is 32.7 Å². The van der Waals surface area contributed by atoms with Crippen LogP contribution in [0.2, 0.25) is 0 Å². The van der Waals surface area contributed by atoms with Crippen LogP contribution in [0.3, 0.4) is 0 Å². The summed E-state index contributed by atoms with van der Waals surface area (Å²) in [5.74, 6) is -0.688. The Labute approximate surface area is 88.5 Å². The quantitative estimate of drug-likeness (QED) is 0.751.